The maximum atomic E-state index is 11.0. The number of rotatable bonds is 3. The Bertz CT molecular complexity index is 198. The second kappa shape index (κ2) is 3.04. The summed E-state index contributed by atoms with van der Waals surface area (Å²) >= 11 is 0. The summed E-state index contributed by atoms with van der Waals surface area (Å²) in [5, 5.41) is 8.25. The summed E-state index contributed by atoms with van der Waals surface area (Å²) in [5.74, 6) is 0.106. The fourth-order valence-corrected chi connectivity index (χ4v) is 1.58. The predicted octanol–water partition coefficient (Wildman–Crippen LogP) is 2.05. The van der Waals surface area contributed by atoms with Gasteiger partial charge in [-0.15, -0.1) is 0 Å². The number of ketones is 1. The molecule has 0 unspecified atom stereocenters. The van der Waals surface area contributed by atoms with Gasteiger partial charge < -0.3 is 0 Å². The van der Waals surface area contributed by atoms with Crippen LogP contribution in [-0.2, 0) is 4.79 Å². The van der Waals surface area contributed by atoms with Crippen molar-refractivity contribution in [1.82, 2.24) is 0 Å². The summed E-state index contributed by atoms with van der Waals surface area (Å²) < 4.78 is 0. The van der Waals surface area contributed by atoms with E-state index in [1.54, 1.807) is 0 Å². The Morgan fingerprint density at radius 2 is 2.27 bits per heavy atom. The molecule has 0 bridgehead atoms. The molecule has 0 N–H and O–H groups in total. The Morgan fingerprint density at radius 3 is 2.64 bits per heavy atom. The van der Waals surface area contributed by atoms with Crippen molar-refractivity contribution in [3.63, 3.8) is 0 Å². The zero-order chi connectivity index (χ0) is 8.32. The largest absolute Gasteiger partial charge is 0.299 e. The molecule has 1 saturated carbocycles. The summed E-state index contributed by atoms with van der Waals surface area (Å²) in [6.07, 6.45) is 4.26. The van der Waals surface area contributed by atoms with Crippen LogP contribution in [0, 0.1) is 16.7 Å². The number of nitrogens with zero attached hydrogens (tertiary/aromatic N) is 1. The maximum Gasteiger partial charge on any atom is 0.147 e. The van der Waals surface area contributed by atoms with E-state index in [0.29, 0.717) is 6.42 Å². The molecule has 1 aliphatic rings. The van der Waals surface area contributed by atoms with Gasteiger partial charge in [-0.2, -0.15) is 5.26 Å². The fraction of sp³-hybridized carbons (Fsp3) is 0.778. The number of nitriles is 1. The monoisotopic (exact) mass is 151 g/mol. The first-order valence-corrected chi connectivity index (χ1v) is 4.05. The maximum absolute atomic E-state index is 11.0. The van der Waals surface area contributed by atoms with E-state index in [4.69, 9.17) is 5.26 Å². The molecule has 0 radical (unpaired) electrons. The normalized spacial score (nSPS) is 20.0. The van der Waals surface area contributed by atoms with Gasteiger partial charge in [0.25, 0.3) is 0 Å². The Morgan fingerprint density at radius 1 is 1.64 bits per heavy atom. The first-order chi connectivity index (χ1) is 5.16. The van der Waals surface area contributed by atoms with Crippen LogP contribution in [0.4, 0.5) is 0 Å². The molecule has 11 heavy (non-hydrogen) atoms. The highest BCUT2D eigenvalue weighted by Gasteiger charge is 2.33. The van der Waals surface area contributed by atoms with Crippen LogP contribution in [0.25, 0.3) is 0 Å². The number of hydrogen-bond acceptors (Lipinski definition) is 2. The lowest BCUT2D eigenvalue weighted by Gasteiger charge is -2.37. The molecule has 0 aromatic carbocycles. The number of Topliss-reactive ketones (excluding diaryl/α,β-unsaturated/α-hetero) is 1. The van der Waals surface area contributed by atoms with Crippen LogP contribution in [0.2, 0.25) is 0 Å². The van der Waals surface area contributed by atoms with Crippen LogP contribution in [0.5, 0.6) is 0 Å². The van der Waals surface area contributed by atoms with Crippen LogP contribution in [0.15, 0.2) is 0 Å². The van der Waals surface area contributed by atoms with Crippen molar-refractivity contribution in [1.29, 1.82) is 5.26 Å². The molecule has 60 valence electrons. The molecule has 0 aromatic rings. The first-order valence-electron chi connectivity index (χ1n) is 4.05. The fourth-order valence-electron chi connectivity index (χ4n) is 1.58. The van der Waals surface area contributed by atoms with Gasteiger partial charge in [-0.25, -0.2) is 0 Å². The molecule has 1 fully saturated rings. The molecule has 0 aromatic heterocycles. The van der Waals surface area contributed by atoms with Crippen molar-refractivity contribution in [2.75, 3.05) is 0 Å². The van der Waals surface area contributed by atoms with Crippen molar-refractivity contribution in [2.45, 2.75) is 39.0 Å². The summed E-state index contributed by atoms with van der Waals surface area (Å²) in [6.45, 7) is 2.13. The average molecular weight is 151 g/mol. The third-order valence-electron chi connectivity index (χ3n) is 2.46. The van der Waals surface area contributed by atoms with Gasteiger partial charge in [0.2, 0.25) is 0 Å². The highest BCUT2D eigenvalue weighted by Crippen LogP contribution is 2.43. The molecule has 0 aliphatic heterocycles. The number of hydrogen-bond donors (Lipinski definition) is 0. The van der Waals surface area contributed by atoms with E-state index in [-0.39, 0.29) is 17.6 Å². The van der Waals surface area contributed by atoms with E-state index in [1.807, 2.05) is 6.07 Å². The minimum Gasteiger partial charge on any atom is -0.299 e. The van der Waals surface area contributed by atoms with Crippen molar-refractivity contribution < 1.29 is 4.79 Å². The van der Waals surface area contributed by atoms with Gasteiger partial charge in [0.15, 0.2) is 0 Å². The lowest BCUT2D eigenvalue weighted by Crippen LogP contribution is -2.28. The molecule has 0 atom stereocenters. The van der Waals surface area contributed by atoms with Crippen molar-refractivity contribution >= 4 is 5.78 Å². The highest BCUT2D eigenvalue weighted by atomic mass is 16.1. The Labute approximate surface area is 67.2 Å². The third-order valence-corrected chi connectivity index (χ3v) is 2.46. The van der Waals surface area contributed by atoms with E-state index >= 15 is 0 Å². The van der Waals surface area contributed by atoms with Crippen LogP contribution in [-0.4, -0.2) is 5.78 Å². The van der Waals surface area contributed by atoms with Crippen molar-refractivity contribution in [3.05, 3.63) is 0 Å². The lowest BCUT2D eigenvalue weighted by molar-refractivity contribution is -0.121. The van der Waals surface area contributed by atoms with Gasteiger partial charge in [0, 0.05) is 6.42 Å². The smallest absolute Gasteiger partial charge is 0.147 e. The molecule has 1 aliphatic carbocycles. The minimum absolute atomic E-state index is 0.0928. The standard InChI is InChI=1S/C9H13NO/c1-9(4-2-5-9)7-8(11)3-6-10/h2-5,7H2,1H3. The van der Waals surface area contributed by atoms with E-state index in [0.717, 1.165) is 12.8 Å². The van der Waals surface area contributed by atoms with Gasteiger partial charge in [-0.05, 0) is 18.3 Å². The van der Waals surface area contributed by atoms with Crippen LogP contribution < -0.4 is 0 Å². The second-order valence-electron chi connectivity index (χ2n) is 3.71. The summed E-state index contributed by atoms with van der Waals surface area (Å²) in [7, 11) is 0. The zero-order valence-electron chi connectivity index (χ0n) is 6.89. The molecule has 0 spiro atoms. The van der Waals surface area contributed by atoms with Gasteiger partial charge in [0.05, 0.1) is 12.5 Å². The van der Waals surface area contributed by atoms with Gasteiger partial charge in [-0.1, -0.05) is 13.3 Å². The Kier molecular flexibility index (Phi) is 2.28. The molecule has 1 rings (SSSR count). The van der Waals surface area contributed by atoms with E-state index < -0.39 is 0 Å². The quantitative estimate of drug-likeness (QED) is 0.619. The summed E-state index contributed by atoms with van der Waals surface area (Å²) in [4.78, 5) is 11.0. The predicted molar refractivity (Wildman–Crippen MR) is 41.8 cm³/mol. The highest BCUT2D eigenvalue weighted by molar-refractivity contribution is 5.81. The zero-order valence-corrected chi connectivity index (χ0v) is 6.89. The molecular formula is C9H13NO. The minimum atomic E-state index is 0.0928. The van der Waals surface area contributed by atoms with E-state index in [1.165, 1.54) is 6.42 Å². The first kappa shape index (κ1) is 8.26. The topological polar surface area (TPSA) is 40.9 Å². The van der Waals surface area contributed by atoms with Gasteiger partial charge in [-0.3, -0.25) is 4.79 Å². The third kappa shape index (κ3) is 2.04. The molecule has 2 heteroatoms. The van der Waals surface area contributed by atoms with Gasteiger partial charge >= 0.3 is 0 Å². The van der Waals surface area contributed by atoms with Gasteiger partial charge in [0.1, 0.15) is 5.78 Å². The SMILES string of the molecule is CC1(CC(=O)CC#N)CCC1. The van der Waals surface area contributed by atoms with Crippen LogP contribution >= 0.6 is 0 Å². The number of carbonyl (C=O) groups is 1. The summed E-state index contributed by atoms with van der Waals surface area (Å²) in [5.41, 5.74) is 0.244. The molecule has 2 nitrogen and oxygen atoms in total. The number of carbonyl (C=O) groups excluding carboxylic acids is 1. The average Bonchev–Trinajstić information content (AvgIpc) is 1.85. The summed E-state index contributed by atoms with van der Waals surface area (Å²) in [6, 6.07) is 1.89. The van der Waals surface area contributed by atoms with E-state index in [9.17, 15) is 4.79 Å². The van der Waals surface area contributed by atoms with Crippen LogP contribution in [0.1, 0.15) is 39.0 Å². The Balaban J connectivity index is 2.30. The molecule has 0 amide bonds. The van der Waals surface area contributed by atoms with E-state index in [2.05, 4.69) is 6.92 Å². The molecule has 0 saturated heterocycles. The van der Waals surface area contributed by atoms with Crippen LogP contribution in [0.3, 0.4) is 0 Å². The molecular weight excluding hydrogens is 138 g/mol. The Hall–Kier alpha value is -0.840. The lowest BCUT2D eigenvalue weighted by atomic mass is 9.67. The second-order valence-corrected chi connectivity index (χ2v) is 3.71. The van der Waals surface area contributed by atoms with Crippen molar-refractivity contribution in [2.24, 2.45) is 5.41 Å². The van der Waals surface area contributed by atoms with Crippen molar-refractivity contribution in [3.8, 4) is 6.07 Å². The molecule has 0 heterocycles.